The maximum absolute atomic E-state index is 11.8. The van der Waals surface area contributed by atoms with Crippen molar-refractivity contribution in [1.29, 1.82) is 0 Å². The molecule has 0 aromatic heterocycles. The first-order valence-corrected chi connectivity index (χ1v) is 8.66. The molecule has 0 radical (unpaired) electrons. The first-order chi connectivity index (χ1) is 8.99. The van der Waals surface area contributed by atoms with Crippen LogP contribution >= 0.6 is 0 Å². The number of aryl methyl sites for hydroxylation is 1. The molecule has 0 spiro atoms. The van der Waals surface area contributed by atoms with Gasteiger partial charge in [-0.3, -0.25) is 9.11 Å². The fourth-order valence-corrected chi connectivity index (χ4v) is 5.38. The van der Waals surface area contributed by atoms with Crippen LogP contribution in [-0.2, 0) is 24.3 Å². The van der Waals surface area contributed by atoms with Crippen molar-refractivity contribution in [3.05, 3.63) is 29.3 Å². The van der Waals surface area contributed by atoms with Gasteiger partial charge in [0, 0.05) is 11.3 Å². The Morgan fingerprint density at radius 3 is 2.00 bits per heavy atom. The number of anilines is 1. The normalized spacial score (nSPS) is 13.4. The van der Waals surface area contributed by atoms with E-state index in [1.54, 1.807) is 0 Å². The molecule has 0 aliphatic rings. The molecule has 0 saturated carbocycles. The summed E-state index contributed by atoms with van der Waals surface area (Å²) < 4.78 is 63.1. The van der Waals surface area contributed by atoms with Gasteiger partial charge in [-0.25, -0.2) is 0 Å². The summed E-state index contributed by atoms with van der Waals surface area (Å²) in [5, 5.41) is 0. The monoisotopic (exact) mass is 323 g/mol. The molecule has 0 fully saturated rings. The largest absolute Gasteiger partial charge is 0.398 e. The van der Waals surface area contributed by atoms with Crippen molar-refractivity contribution in [2.24, 2.45) is 0 Å². The van der Waals surface area contributed by atoms with E-state index in [4.69, 9.17) is 5.73 Å². The zero-order valence-electron chi connectivity index (χ0n) is 11.1. The lowest BCUT2D eigenvalue weighted by Gasteiger charge is -2.30. The molecular weight excluding hydrogens is 306 g/mol. The number of rotatable bonds is 5. The Morgan fingerprint density at radius 2 is 1.65 bits per heavy atom. The van der Waals surface area contributed by atoms with Gasteiger partial charge in [-0.2, -0.15) is 16.8 Å². The Morgan fingerprint density at radius 1 is 1.15 bits per heavy atom. The Hall–Kier alpha value is -1.16. The highest BCUT2D eigenvalue weighted by Gasteiger charge is 2.57. The van der Waals surface area contributed by atoms with Gasteiger partial charge in [-0.05, 0) is 25.0 Å². The minimum atomic E-state index is -5.16. The van der Waals surface area contributed by atoms with Gasteiger partial charge in [0.05, 0.1) is 0 Å². The van der Waals surface area contributed by atoms with E-state index >= 15 is 0 Å². The van der Waals surface area contributed by atoms with Gasteiger partial charge in [0.2, 0.25) is 4.08 Å². The molecular formula is C11H17NO6S2. The van der Waals surface area contributed by atoms with E-state index in [9.17, 15) is 25.9 Å². The highest BCUT2D eigenvalue weighted by Crippen LogP contribution is 2.43. The zero-order chi connectivity index (χ0) is 15.8. The van der Waals surface area contributed by atoms with Gasteiger partial charge >= 0.3 is 0 Å². The molecule has 7 nitrogen and oxygen atoms in total. The summed E-state index contributed by atoms with van der Waals surface area (Å²) in [7, 11) is -10.3. The standard InChI is InChI=1S/C11H17NO6S2/c1-3-7-11(19(13,14)15,20(16,17)18)10-8(2)5-4-6-9(10)12/h4-6H,3,7,12H2,1-2H3,(H,13,14,15)(H,16,17,18). The van der Waals surface area contributed by atoms with E-state index in [0.29, 0.717) is 0 Å². The second kappa shape index (κ2) is 5.32. The number of nitrogens with two attached hydrogens (primary N) is 1. The van der Waals surface area contributed by atoms with Crippen molar-refractivity contribution in [1.82, 2.24) is 0 Å². The summed E-state index contributed by atoms with van der Waals surface area (Å²) in [6.45, 7) is 2.98. The molecule has 114 valence electrons. The van der Waals surface area contributed by atoms with Crippen LogP contribution < -0.4 is 5.73 Å². The molecule has 0 atom stereocenters. The highest BCUT2D eigenvalue weighted by atomic mass is 32.3. The zero-order valence-corrected chi connectivity index (χ0v) is 12.7. The maximum atomic E-state index is 11.8. The molecule has 0 aliphatic carbocycles. The van der Waals surface area contributed by atoms with Crippen LogP contribution in [0, 0.1) is 6.92 Å². The van der Waals surface area contributed by atoms with Gasteiger partial charge in [-0.1, -0.05) is 25.5 Å². The number of hydrogen-bond donors (Lipinski definition) is 3. The molecule has 4 N–H and O–H groups in total. The number of hydrogen-bond acceptors (Lipinski definition) is 5. The lowest BCUT2D eigenvalue weighted by atomic mass is 10.00. The third kappa shape index (κ3) is 2.53. The summed E-state index contributed by atoms with van der Waals surface area (Å²) in [4.78, 5) is 0. The topological polar surface area (TPSA) is 135 Å². The molecule has 1 aromatic rings. The molecule has 0 aliphatic heterocycles. The first kappa shape index (κ1) is 16.9. The van der Waals surface area contributed by atoms with Gasteiger partial charge in [-0.15, -0.1) is 0 Å². The predicted molar refractivity (Wildman–Crippen MR) is 75.3 cm³/mol. The highest BCUT2D eigenvalue weighted by molar-refractivity contribution is 8.04. The van der Waals surface area contributed by atoms with Crippen molar-refractivity contribution >= 4 is 25.9 Å². The van der Waals surface area contributed by atoms with Crippen molar-refractivity contribution in [2.75, 3.05) is 5.73 Å². The third-order valence-corrected chi connectivity index (χ3v) is 6.85. The Bertz CT molecular complexity index is 656. The fraction of sp³-hybridized carbons (Fsp3) is 0.455. The average Bonchev–Trinajstić information content (AvgIpc) is 2.24. The van der Waals surface area contributed by atoms with Crippen molar-refractivity contribution in [2.45, 2.75) is 30.8 Å². The summed E-state index contributed by atoms with van der Waals surface area (Å²) in [6.07, 6.45) is -0.424. The van der Waals surface area contributed by atoms with Crippen LogP contribution in [-0.4, -0.2) is 25.9 Å². The Kier molecular flexibility index (Phi) is 4.49. The molecule has 1 rings (SSSR count). The second-order valence-electron chi connectivity index (χ2n) is 4.49. The molecule has 20 heavy (non-hydrogen) atoms. The van der Waals surface area contributed by atoms with E-state index in [-0.39, 0.29) is 23.2 Å². The third-order valence-electron chi connectivity index (χ3n) is 3.10. The summed E-state index contributed by atoms with van der Waals surface area (Å²) in [6, 6.07) is 4.27. The van der Waals surface area contributed by atoms with Crippen LogP contribution in [0.5, 0.6) is 0 Å². The van der Waals surface area contributed by atoms with Crippen molar-refractivity contribution in [3.63, 3.8) is 0 Å². The minimum Gasteiger partial charge on any atom is -0.398 e. The number of benzene rings is 1. The molecule has 1 aromatic carbocycles. The average molecular weight is 323 g/mol. The quantitative estimate of drug-likeness (QED) is 0.549. The molecule has 0 unspecified atom stereocenters. The van der Waals surface area contributed by atoms with Gasteiger partial charge in [0.15, 0.2) is 0 Å². The van der Waals surface area contributed by atoms with Crippen LogP contribution in [0.4, 0.5) is 5.69 Å². The minimum absolute atomic E-state index is 0.0906. The van der Waals surface area contributed by atoms with E-state index < -0.39 is 30.7 Å². The maximum Gasteiger partial charge on any atom is 0.292 e. The Balaban J connectivity index is 3.98. The summed E-state index contributed by atoms with van der Waals surface area (Å²) >= 11 is 0. The second-order valence-corrected chi connectivity index (χ2v) is 8.04. The van der Waals surface area contributed by atoms with Crippen molar-refractivity contribution in [3.8, 4) is 0 Å². The van der Waals surface area contributed by atoms with Gasteiger partial charge in [0.1, 0.15) is 0 Å². The van der Waals surface area contributed by atoms with E-state index in [1.165, 1.54) is 32.0 Å². The van der Waals surface area contributed by atoms with Crippen LogP contribution in [0.3, 0.4) is 0 Å². The van der Waals surface area contributed by atoms with E-state index in [0.717, 1.165) is 0 Å². The SMILES string of the molecule is CCCC(c1c(C)cccc1N)(S(=O)(=O)O)S(=O)(=O)O. The molecule has 0 bridgehead atoms. The summed E-state index contributed by atoms with van der Waals surface area (Å²) in [5.74, 6) is 0. The van der Waals surface area contributed by atoms with Gasteiger partial charge < -0.3 is 5.73 Å². The molecule has 0 amide bonds. The van der Waals surface area contributed by atoms with Crippen LogP contribution in [0.25, 0.3) is 0 Å². The molecule has 9 heteroatoms. The van der Waals surface area contributed by atoms with Crippen LogP contribution in [0.15, 0.2) is 18.2 Å². The number of nitrogen functional groups attached to an aromatic ring is 1. The summed E-state index contributed by atoms with van der Waals surface area (Å²) in [5.41, 5.74) is 5.48. The smallest absolute Gasteiger partial charge is 0.292 e. The predicted octanol–water partition coefficient (Wildman–Crippen LogP) is 1.31. The molecule has 0 saturated heterocycles. The van der Waals surface area contributed by atoms with Crippen molar-refractivity contribution < 1.29 is 25.9 Å². The fourth-order valence-electron chi connectivity index (χ4n) is 2.31. The lowest BCUT2D eigenvalue weighted by molar-refractivity contribution is 0.414. The molecule has 0 heterocycles. The van der Waals surface area contributed by atoms with Crippen LogP contribution in [0.2, 0.25) is 0 Å². The van der Waals surface area contributed by atoms with E-state index in [2.05, 4.69) is 0 Å². The Labute approximate surface area is 118 Å². The van der Waals surface area contributed by atoms with E-state index in [1.807, 2.05) is 0 Å². The lowest BCUT2D eigenvalue weighted by Crippen LogP contribution is -2.44. The van der Waals surface area contributed by atoms with Crippen LogP contribution in [0.1, 0.15) is 30.9 Å². The first-order valence-electron chi connectivity index (χ1n) is 5.78. The van der Waals surface area contributed by atoms with Gasteiger partial charge in [0.25, 0.3) is 20.2 Å².